The zero-order valence-electron chi connectivity index (χ0n) is 11.7. The average Bonchev–Trinajstić information content (AvgIpc) is 2.93. The lowest BCUT2D eigenvalue weighted by Gasteiger charge is -2.25. The van der Waals surface area contributed by atoms with Gasteiger partial charge < -0.3 is 11.1 Å². The fourth-order valence-corrected chi connectivity index (χ4v) is 2.76. The third-order valence-corrected chi connectivity index (χ3v) is 3.82. The number of fused-ring (bicyclic) bond motifs is 3. The summed E-state index contributed by atoms with van der Waals surface area (Å²) in [5, 5.41) is 8.83. The molecule has 1 saturated heterocycles. The van der Waals surface area contributed by atoms with Gasteiger partial charge in [-0.15, -0.1) is 5.10 Å². The number of para-hydroxylation sites is 1. The van der Waals surface area contributed by atoms with Crippen LogP contribution in [0, 0.1) is 0 Å². The summed E-state index contributed by atoms with van der Waals surface area (Å²) < 4.78 is 1.64. The molecule has 0 saturated carbocycles. The van der Waals surface area contributed by atoms with Gasteiger partial charge in [-0.25, -0.2) is 9.97 Å². The van der Waals surface area contributed by atoms with E-state index in [2.05, 4.69) is 25.3 Å². The van der Waals surface area contributed by atoms with Crippen molar-refractivity contribution in [3.8, 4) is 0 Å². The number of benzene rings is 1. The SMILES string of the molecule is Nc1nc2ccccc2c2nc(CN3CCNCC3)nn12. The molecule has 1 aliphatic rings. The number of nitrogens with two attached hydrogens (primary N) is 1. The fourth-order valence-electron chi connectivity index (χ4n) is 2.76. The Bertz CT molecular complexity index is 788. The van der Waals surface area contributed by atoms with Crippen LogP contribution in [0.3, 0.4) is 0 Å². The van der Waals surface area contributed by atoms with E-state index in [1.165, 1.54) is 0 Å². The lowest BCUT2D eigenvalue weighted by Crippen LogP contribution is -2.43. The minimum absolute atomic E-state index is 0.378. The van der Waals surface area contributed by atoms with E-state index in [4.69, 9.17) is 5.73 Å². The highest BCUT2D eigenvalue weighted by Gasteiger charge is 2.15. The van der Waals surface area contributed by atoms with Gasteiger partial charge in [0.25, 0.3) is 0 Å². The summed E-state index contributed by atoms with van der Waals surface area (Å²) in [6, 6.07) is 7.87. The van der Waals surface area contributed by atoms with Gasteiger partial charge in [0.15, 0.2) is 11.5 Å². The molecule has 0 atom stereocenters. The summed E-state index contributed by atoms with van der Waals surface area (Å²) in [7, 11) is 0. The van der Waals surface area contributed by atoms with Crippen LogP contribution < -0.4 is 11.1 Å². The molecule has 0 spiro atoms. The molecular formula is C14H17N7. The Morgan fingerprint density at radius 2 is 1.95 bits per heavy atom. The van der Waals surface area contributed by atoms with Crippen LogP contribution in [0.15, 0.2) is 24.3 Å². The van der Waals surface area contributed by atoms with Crippen molar-refractivity contribution in [1.82, 2.24) is 29.8 Å². The maximum absolute atomic E-state index is 5.99. The predicted molar refractivity (Wildman–Crippen MR) is 80.8 cm³/mol. The average molecular weight is 283 g/mol. The smallest absolute Gasteiger partial charge is 0.223 e. The van der Waals surface area contributed by atoms with E-state index in [1.54, 1.807) is 4.52 Å². The monoisotopic (exact) mass is 283 g/mol. The molecule has 7 heteroatoms. The van der Waals surface area contributed by atoms with E-state index in [0.29, 0.717) is 5.95 Å². The number of piperazine rings is 1. The Morgan fingerprint density at radius 3 is 2.81 bits per heavy atom. The topological polar surface area (TPSA) is 84.4 Å². The van der Waals surface area contributed by atoms with Crippen molar-refractivity contribution in [2.45, 2.75) is 6.54 Å². The van der Waals surface area contributed by atoms with Crippen LogP contribution in [-0.4, -0.2) is 50.7 Å². The highest BCUT2D eigenvalue weighted by Crippen LogP contribution is 2.19. The van der Waals surface area contributed by atoms with Gasteiger partial charge in [-0.2, -0.15) is 4.52 Å². The van der Waals surface area contributed by atoms with E-state index >= 15 is 0 Å². The van der Waals surface area contributed by atoms with Gasteiger partial charge in [-0.3, -0.25) is 4.90 Å². The molecular weight excluding hydrogens is 266 g/mol. The van der Waals surface area contributed by atoms with Gasteiger partial charge in [0.2, 0.25) is 5.95 Å². The van der Waals surface area contributed by atoms with E-state index < -0.39 is 0 Å². The minimum Gasteiger partial charge on any atom is -0.368 e. The first-order chi connectivity index (χ1) is 10.3. The van der Waals surface area contributed by atoms with Crippen molar-refractivity contribution in [1.29, 1.82) is 0 Å². The van der Waals surface area contributed by atoms with Crippen LogP contribution in [-0.2, 0) is 6.54 Å². The lowest BCUT2D eigenvalue weighted by atomic mass is 10.2. The van der Waals surface area contributed by atoms with Crippen LogP contribution in [0.1, 0.15) is 5.82 Å². The first-order valence-corrected chi connectivity index (χ1v) is 7.14. The summed E-state index contributed by atoms with van der Waals surface area (Å²) in [6.45, 7) is 4.81. The van der Waals surface area contributed by atoms with Crippen molar-refractivity contribution in [3.05, 3.63) is 30.1 Å². The van der Waals surface area contributed by atoms with Crippen LogP contribution in [0.25, 0.3) is 16.6 Å². The van der Waals surface area contributed by atoms with Gasteiger partial charge in [0.05, 0.1) is 12.1 Å². The normalized spacial score (nSPS) is 16.8. The second-order valence-electron chi connectivity index (χ2n) is 5.28. The molecule has 0 unspecified atom stereocenters. The first kappa shape index (κ1) is 12.5. The van der Waals surface area contributed by atoms with Crippen molar-refractivity contribution in [2.75, 3.05) is 31.9 Å². The second kappa shape index (κ2) is 4.94. The van der Waals surface area contributed by atoms with Gasteiger partial charge in [0, 0.05) is 31.6 Å². The Kier molecular flexibility index (Phi) is 2.94. The zero-order valence-corrected chi connectivity index (χ0v) is 11.7. The van der Waals surface area contributed by atoms with Gasteiger partial charge in [-0.1, -0.05) is 12.1 Å². The van der Waals surface area contributed by atoms with E-state index in [0.717, 1.165) is 55.1 Å². The molecule has 1 aromatic carbocycles. The fraction of sp³-hybridized carbons (Fsp3) is 0.357. The maximum Gasteiger partial charge on any atom is 0.223 e. The molecule has 4 rings (SSSR count). The molecule has 1 aliphatic heterocycles. The van der Waals surface area contributed by atoms with Crippen molar-refractivity contribution in [2.24, 2.45) is 0 Å². The zero-order chi connectivity index (χ0) is 14.2. The van der Waals surface area contributed by atoms with Crippen LogP contribution in [0.2, 0.25) is 0 Å². The Balaban J connectivity index is 1.77. The molecule has 1 fully saturated rings. The van der Waals surface area contributed by atoms with Crippen LogP contribution in [0.5, 0.6) is 0 Å². The molecule has 108 valence electrons. The number of nitrogens with one attached hydrogen (secondary N) is 1. The highest BCUT2D eigenvalue weighted by atomic mass is 15.4. The first-order valence-electron chi connectivity index (χ1n) is 7.14. The van der Waals surface area contributed by atoms with Gasteiger partial charge in [-0.05, 0) is 12.1 Å². The van der Waals surface area contributed by atoms with Crippen LogP contribution >= 0.6 is 0 Å². The third kappa shape index (κ3) is 2.20. The van der Waals surface area contributed by atoms with E-state index in [1.807, 2.05) is 24.3 Å². The summed E-state index contributed by atoms with van der Waals surface area (Å²) in [5.74, 6) is 1.17. The summed E-state index contributed by atoms with van der Waals surface area (Å²) >= 11 is 0. The molecule has 0 amide bonds. The number of anilines is 1. The molecule has 3 aromatic rings. The molecule has 0 radical (unpaired) electrons. The summed E-state index contributed by atoms with van der Waals surface area (Å²) in [6.07, 6.45) is 0. The Hall–Kier alpha value is -2.25. The largest absolute Gasteiger partial charge is 0.368 e. The van der Waals surface area contributed by atoms with Crippen LogP contribution in [0.4, 0.5) is 5.95 Å². The van der Waals surface area contributed by atoms with E-state index in [9.17, 15) is 0 Å². The van der Waals surface area contributed by atoms with Gasteiger partial charge in [0.1, 0.15) is 0 Å². The number of hydrogen-bond acceptors (Lipinski definition) is 6. The van der Waals surface area contributed by atoms with Crippen molar-refractivity contribution >= 4 is 22.5 Å². The number of nitrogens with zero attached hydrogens (tertiary/aromatic N) is 5. The van der Waals surface area contributed by atoms with Crippen molar-refractivity contribution in [3.63, 3.8) is 0 Å². The van der Waals surface area contributed by atoms with Gasteiger partial charge >= 0.3 is 0 Å². The number of hydrogen-bond donors (Lipinski definition) is 2. The molecule has 2 aromatic heterocycles. The number of rotatable bonds is 2. The highest BCUT2D eigenvalue weighted by molar-refractivity contribution is 5.92. The number of nitrogen functional groups attached to an aromatic ring is 1. The van der Waals surface area contributed by atoms with E-state index in [-0.39, 0.29) is 0 Å². The Morgan fingerprint density at radius 1 is 1.14 bits per heavy atom. The summed E-state index contributed by atoms with van der Waals surface area (Å²) in [4.78, 5) is 11.4. The quantitative estimate of drug-likeness (QED) is 0.702. The molecule has 0 aliphatic carbocycles. The Labute approximate surface area is 121 Å². The second-order valence-corrected chi connectivity index (χ2v) is 5.28. The maximum atomic E-state index is 5.99. The van der Waals surface area contributed by atoms with Crippen molar-refractivity contribution < 1.29 is 0 Å². The predicted octanol–water partition coefficient (Wildman–Crippen LogP) is 0.265. The third-order valence-electron chi connectivity index (χ3n) is 3.82. The molecule has 3 heterocycles. The summed E-state index contributed by atoms with van der Waals surface area (Å²) in [5.41, 5.74) is 7.63. The molecule has 7 nitrogen and oxygen atoms in total. The molecule has 21 heavy (non-hydrogen) atoms. The lowest BCUT2D eigenvalue weighted by molar-refractivity contribution is 0.228. The minimum atomic E-state index is 0.378. The number of aromatic nitrogens is 4. The molecule has 3 N–H and O–H groups in total. The molecule has 0 bridgehead atoms. The standard InChI is InChI=1S/C14H17N7/c15-14-17-11-4-2-1-3-10(11)13-18-12(19-21(13)14)9-20-7-5-16-6-8-20/h1-4,16H,5-9H2,(H2,15,17).